The molecular weight excluding hydrogens is 208 g/mol. The van der Waals surface area contributed by atoms with E-state index in [0.717, 1.165) is 0 Å². The lowest BCUT2D eigenvalue weighted by Crippen LogP contribution is -2.04. The number of hydrogen-bond donors (Lipinski definition) is 1. The summed E-state index contributed by atoms with van der Waals surface area (Å²) in [5.41, 5.74) is 0.400. The number of phenolic OH excluding ortho intramolecular Hbond substituents is 1. The van der Waals surface area contributed by atoms with Gasteiger partial charge < -0.3 is 9.52 Å². The lowest BCUT2D eigenvalue weighted by atomic mass is 10.1. The highest BCUT2D eigenvalue weighted by Crippen LogP contribution is 2.22. The van der Waals surface area contributed by atoms with E-state index in [4.69, 9.17) is 4.42 Å². The summed E-state index contributed by atoms with van der Waals surface area (Å²) in [7, 11) is 0. The number of benzene rings is 1. The van der Waals surface area contributed by atoms with Crippen LogP contribution in [0.25, 0.3) is 11.0 Å². The van der Waals surface area contributed by atoms with Gasteiger partial charge in [-0.15, -0.1) is 0 Å². The first kappa shape index (κ1) is 10.4. The van der Waals surface area contributed by atoms with Crippen molar-refractivity contribution in [1.82, 2.24) is 0 Å². The number of fused-ring (bicyclic) bond motifs is 1. The van der Waals surface area contributed by atoms with Gasteiger partial charge in [0.15, 0.2) is 0 Å². The first-order valence-electron chi connectivity index (χ1n) is 4.81. The monoisotopic (exact) mass is 218 g/mol. The van der Waals surface area contributed by atoms with Gasteiger partial charge >= 0.3 is 5.63 Å². The van der Waals surface area contributed by atoms with Gasteiger partial charge in [-0.2, -0.15) is 0 Å². The van der Waals surface area contributed by atoms with Crippen LogP contribution < -0.4 is 5.63 Å². The molecule has 0 fully saturated rings. The van der Waals surface area contributed by atoms with Crippen LogP contribution in [0, 0.1) is 0 Å². The fourth-order valence-electron chi connectivity index (χ4n) is 1.63. The second-order valence-electron chi connectivity index (χ2n) is 3.65. The van der Waals surface area contributed by atoms with Crippen molar-refractivity contribution in [3.05, 3.63) is 40.2 Å². The van der Waals surface area contributed by atoms with Crippen molar-refractivity contribution in [2.75, 3.05) is 0 Å². The number of carbonyl (C=O) groups excluding carboxylic acids is 1. The third-order valence-corrected chi connectivity index (χ3v) is 2.25. The zero-order valence-corrected chi connectivity index (χ0v) is 8.69. The van der Waals surface area contributed by atoms with Crippen LogP contribution in [0.4, 0.5) is 0 Å². The minimum atomic E-state index is -0.519. The van der Waals surface area contributed by atoms with Crippen LogP contribution in [-0.4, -0.2) is 10.9 Å². The molecule has 2 aromatic rings. The second kappa shape index (κ2) is 3.81. The molecule has 4 heteroatoms. The third kappa shape index (κ3) is 1.95. The van der Waals surface area contributed by atoms with E-state index in [0.29, 0.717) is 16.5 Å². The Morgan fingerprint density at radius 1 is 1.38 bits per heavy atom. The van der Waals surface area contributed by atoms with E-state index in [1.165, 1.54) is 25.1 Å². The summed E-state index contributed by atoms with van der Waals surface area (Å²) < 4.78 is 4.94. The maximum absolute atomic E-state index is 11.2. The van der Waals surface area contributed by atoms with Gasteiger partial charge in [0.2, 0.25) is 0 Å². The highest BCUT2D eigenvalue weighted by atomic mass is 16.4. The Morgan fingerprint density at radius 2 is 2.12 bits per heavy atom. The third-order valence-electron chi connectivity index (χ3n) is 2.25. The van der Waals surface area contributed by atoms with E-state index in [1.54, 1.807) is 6.07 Å². The Balaban J connectivity index is 2.72. The summed E-state index contributed by atoms with van der Waals surface area (Å²) in [6, 6.07) is 5.79. The number of Topliss-reactive ketones (excluding diaryl/α,β-unsaturated/α-hetero) is 1. The number of aromatic hydroxyl groups is 1. The molecule has 0 saturated heterocycles. The summed E-state index contributed by atoms with van der Waals surface area (Å²) in [5, 5.41) is 9.94. The van der Waals surface area contributed by atoms with Gasteiger partial charge in [0, 0.05) is 23.9 Å². The maximum Gasteiger partial charge on any atom is 0.336 e. The predicted octanol–water partition coefficient (Wildman–Crippen LogP) is 1.63. The number of carbonyl (C=O) groups is 1. The first-order valence-corrected chi connectivity index (χ1v) is 4.81. The topological polar surface area (TPSA) is 67.5 Å². The number of hydrogen-bond acceptors (Lipinski definition) is 4. The summed E-state index contributed by atoms with van der Waals surface area (Å²) in [6.07, 6.45) is 0.187. The van der Waals surface area contributed by atoms with Crippen LogP contribution in [0.15, 0.2) is 33.5 Å². The Labute approximate surface area is 91.1 Å². The molecule has 4 nitrogen and oxygen atoms in total. The molecule has 16 heavy (non-hydrogen) atoms. The summed E-state index contributed by atoms with van der Waals surface area (Å²) >= 11 is 0. The predicted molar refractivity (Wildman–Crippen MR) is 58.5 cm³/mol. The van der Waals surface area contributed by atoms with Gasteiger partial charge in [0.1, 0.15) is 17.1 Å². The second-order valence-corrected chi connectivity index (χ2v) is 3.65. The van der Waals surface area contributed by atoms with Gasteiger partial charge in [-0.1, -0.05) is 0 Å². The molecule has 0 saturated carbocycles. The van der Waals surface area contributed by atoms with Gasteiger partial charge in [-0.05, 0) is 24.6 Å². The molecule has 1 heterocycles. The summed E-state index contributed by atoms with van der Waals surface area (Å²) in [6.45, 7) is 1.46. The minimum Gasteiger partial charge on any atom is -0.508 e. The zero-order valence-electron chi connectivity index (χ0n) is 8.69. The Kier molecular flexibility index (Phi) is 2.48. The molecule has 0 aliphatic rings. The quantitative estimate of drug-likeness (QED) is 0.778. The molecule has 0 atom stereocenters. The fraction of sp³-hybridized carbons (Fsp3) is 0.167. The van der Waals surface area contributed by atoms with Gasteiger partial charge in [0.25, 0.3) is 0 Å². The first-order chi connectivity index (χ1) is 7.56. The lowest BCUT2D eigenvalue weighted by Gasteiger charge is -2.03. The number of ketones is 1. The molecule has 1 N–H and O–H groups in total. The van der Waals surface area contributed by atoms with E-state index in [9.17, 15) is 14.7 Å². The van der Waals surface area contributed by atoms with E-state index >= 15 is 0 Å². The molecule has 0 spiro atoms. The van der Waals surface area contributed by atoms with Crippen molar-refractivity contribution >= 4 is 16.8 Å². The van der Waals surface area contributed by atoms with Crippen LogP contribution in [-0.2, 0) is 11.2 Å². The van der Waals surface area contributed by atoms with Crippen LogP contribution in [0.1, 0.15) is 12.5 Å². The number of rotatable bonds is 2. The molecule has 0 aliphatic heterocycles. The van der Waals surface area contributed by atoms with Crippen LogP contribution in [0.3, 0.4) is 0 Å². The van der Waals surface area contributed by atoms with Gasteiger partial charge in [-0.25, -0.2) is 4.79 Å². The van der Waals surface area contributed by atoms with E-state index in [-0.39, 0.29) is 18.0 Å². The Hall–Kier alpha value is -2.10. The van der Waals surface area contributed by atoms with Crippen molar-refractivity contribution in [2.24, 2.45) is 0 Å². The molecule has 0 amide bonds. The van der Waals surface area contributed by atoms with E-state index < -0.39 is 5.63 Å². The minimum absolute atomic E-state index is 0.0237. The molecule has 0 aliphatic carbocycles. The molecule has 0 unspecified atom stereocenters. The standard InChI is InChI=1S/C12H10O4/c1-7(13)4-8-5-12(15)16-11-6-9(14)2-3-10(8)11/h2-3,5-6,14H,4H2,1H3. The fourth-order valence-corrected chi connectivity index (χ4v) is 1.63. The Bertz CT molecular complexity index is 610. The van der Waals surface area contributed by atoms with Crippen molar-refractivity contribution in [1.29, 1.82) is 0 Å². The molecule has 82 valence electrons. The van der Waals surface area contributed by atoms with Crippen molar-refractivity contribution in [3.8, 4) is 5.75 Å². The normalized spacial score (nSPS) is 10.6. The average Bonchev–Trinajstić information content (AvgIpc) is 2.15. The summed E-state index contributed by atoms with van der Waals surface area (Å²) in [4.78, 5) is 22.3. The molecule has 0 bridgehead atoms. The summed E-state index contributed by atoms with van der Waals surface area (Å²) in [5.74, 6) is -0.00407. The van der Waals surface area contributed by atoms with Gasteiger partial charge in [0.05, 0.1) is 0 Å². The highest BCUT2D eigenvalue weighted by Gasteiger charge is 2.07. The van der Waals surface area contributed by atoms with Crippen LogP contribution in [0.5, 0.6) is 5.75 Å². The van der Waals surface area contributed by atoms with Crippen molar-refractivity contribution < 1.29 is 14.3 Å². The molecular formula is C12H10O4. The van der Waals surface area contributed by atoms with Crippen molar-refractivity contribution in [2.45, 2.75) is 13.3 Å². The molecule has 1 aromatic heterocycles. The maximum atomic E-state index is 11.2. The smallest absolute Gasteiger partial charge is 0.336 e. The average molecular weight is 218 g/mol. The van der Waals surface area contributed by atoms with Crippen LogP contribution >= 0.6 is 0 Å². The SMILES string of the molecule is CC(=O)Cc1cc(=O)oc2cc(O)ccc12. The molecule has 2 rings (SSSR count). The molecule has 0 radical (unpaired) electrons. The largest absolute Gasteiger partial charge is 0.508 e. The molecule has 1 aromatic carbocycles. The van der Waals surface area contributed by atoms with E-state index in [1.807, 2.05) is 0 Å². The number of phenols is 1. The van der Waals surface area contributed by atoms with Gasteiger partial charge in [-0.3, -0.25) is 4.79 Å². The Morgan fingerprint density at radius 3 is 2.81 bits per heavy atom. The zero-order chi connectivity index (χ0) is 11.7. The lowest BCUT2D eigenvalue weighted by molar-refractivity contribution is -0.116. The van der Waals surface area contributed by atoms with Crippen molar-refractivity contribution in [3.63, 3.8) is 0 Å². The highest BCUT2D eigenvalue weighted by molar-refractivity contribution is 5.87. The van der Waals surface area contributed by atoms with E-state index in [2.05, 4.69) is 0 Å². The van der Waals surface area contributed by atoms with Crippen LogP contribution in [0.2, 0.25) is 0 Å².